The molecule has 2 aromatic carbocycles. The zero-order chi connectivity index (χ0) is 27.8. The number of methoxy groups -OCH3 is 2. The van der Waals surface area contributed by atoms with Gasteiger partial charge in [-0.25, -0.2) is 22.9 Å². The summed E-state index contributed by atoms with van der Waals surface area (Å²) in [5, 5.41) is 0. The number of rotatable bonds is 4. The average molecular weight is 541 g/mol. The van der Waals surface area contributed by atoms with Crippen molar-refractivity contribution in [3.05, 3.63) is 82.7 Å². The highest BCUT2D eigenvalue weighted by Crippen LogP contribution is 2.38. The van der Waals surface area contributed by atoms with Gasteiger partial charge in [0.1, 0.15) is 5.75 Å². The number of ether oxygens (including phenoxy) is 2. The summed E-state index contributed by atoms with van der Waals surface area (Å²) in [5.41, 5.74) is 2.93. The van der Waals surface area contributed by atoms with Gasteiger partial charge in [0, 0.05) is 24.9 Å². The molecule has 39 heavy (non-hydrogen) atoms. The topological polar surface area (TPSA) is 76.9 Å². The molecule has 0 aliphatic carbocycles. The van der Waals surface area contributed by atoms with Crippen LogP contribution in [0.2, 0.25) is 0 Å². The predicted molar refractivity (Wildman–Crippen MR) is 136 cm³/mol. The monoisotopic (exact) mass is 540 g/mol. The highest BCUT2D eigenvalue weighted by Gasteiger charge is 2.44. The molecule has 0 spiro atoms. The largest absolute Gasteiger partial charge is 0.495 e. The van der Waals surface area contributed by atoms with E-state index in [-0.39, 0.29) is 24.6 Å². The maximum Gasteiger partial charge on any atom is 0.409 e. The summed E-state index contributed by atoms with van der Waals surface area (Å²) in [7, 11) is 2.80. The van der Waals surface area contributed by atoms with Gasteiger partial charge >= 0.3 is 6.09 Å². The minimum Gasteiger partial charge on any atom is -0.495 e. The van der Waals surface area contributed by atoms with Crippen molar-refractivity contribution >= 4 is 18.1 Å². The summed E-state index contributed by atoms with van der Waals surface area (Å²) in [4.78, 5) is 33.3. The van der Waals surface area contributed by atoms with Crippen molar-refractivity contribution in [2.24, 2.45) is 0 Å². The van der Waals surface area contributed by atoms with Crippen LogP contribution in [0.1, 0.15) is 35.7 Å². The van der Waals surface area contributed by atoms with Gasteiger partial charge in [0.25, 0.3) is 5.91 Å². The summed E-state index contributed by atoms with van der Waals surface area (Å²) < 4.78 is 54.3. The normalized spacial score (nSPS) is 20.3. The van der Waals surface area contributed by atoms with Crippen molar-refractivity contribution in [3.8, 4) is 11.4 Å². The smallest absolute Gasteiger partial charge is 0.409 e. The van der Waals surface area contributed by atoms with Crippen LogP contribution < -0.4 is 4.74 Å². The number of fused-ring (bicyclic) bond motifs is 1. The molecule has 204 valence electrons. The van der Waals surface area contributed by atoms with Gasteiger partial charge in [-0.2, -0.15) is 0 Å². The van der Waals surface area contributed by atoms with E-state index in [2.05, 4.69) is 4.98 Å². The number of carbonyl (C=O) groups is 2. The molecule has 3 heterocycles. The Bertz CT molecular complexity index is 1450. The second kappa shape index (κ2) is 10.5. The lowest BCUT2D eigenvalue weighted by Gasteiger charge is -2.49. The summed E-state index contributed by atoms with van der Waals surface area (Å²) in [5.74, 6) is -4.05. The molecule has 2 saturated heterocycles. The summed E-state index contributed by atoms with van der Waals surface area (Å²) in [6.45, 7) is 2.04. The molecule has 8 nitrogen and oxygen atoms in total. The molecule has 2 amide bonds. The number of hydrogen-bond acceptors (Lipinski definition) is 5. The number of imidazole rings is 1. The molecule has 0 N–H and O–H groups in total. The molecule has 3 aromatic rings. The number of nitrogens with zero attached hydrogens (tertiary/aromatic N) is 4. The number of piperazine rings is 1. The number of amides is 2. The molecule has 5 rings (SSSR count). The van der Waals surface area contributed by atoms with Crippen molar-refractivity contribution in [1.29, 1.82) is 0 Å². The lowest BCUT2D eigenvalue weighted by molar-refractivity contribution is -0.138. The second-order valence-corrected chi connectivity index (χ2v) is 9.62. The first-order valence-corrected chi connectivity index (χ1v) is 12.4. The van der Waals surface area contributed by atoms with Crippen molar-refractivity contribution in [2.75, 3.05) is 27.3 Å². The van der Waals surface area contributed by atoms with Gasteiger partial charge in [0.15, 0.2) is 17.5 Å². The third-order valence-corrected chi connectivity index (χ3v) is 7.17. The minimum atomic E-state index is -1.59. The molecule has 0 radical (unpaired) electrons. The Kier molecular flexibility index (Phi) is 7.07. The number of halogens is 3. The maximum atomic E-state index is 14.2. The summed E-state index contributed by atoms with van der Waals surface area (Å²) in [6, 6.07) is 5.96. The van der Waals surface area contributed by atoms with E-state index in [0.29, 0.717) is 24.2 Å². The Hall–Kier alpha value is -4.28. The van der Waals surface area contributed by atoms with Gasteiger partial charge in [-0.15, -0.1) is 0 Å². The SMILES string of the molecule is COC(=O)N1C[C@@H]2CCC(=Cc3ccc(-n4cnc(C)c4)c(OC)c3)C(=O)N2[C@@H](c2cc(F)c(F)c(F)c2)C1. The lowest BCUT2D eigenvalue weighted by Crippen LogP contribution is -2.59. The third kappa shape index (κ3) is 4.96. The molecule has 0 unspecified atom stereocenters. The Balaban J connectivity index is 1.49. The van der Waals surface area contributed by atoms with E-state index in [1.807, 2.05) is 35.9 Å². The first-order valence-electron chi connectivity index (χ1n) is 12.4. The predicted octanol–water partition coefficient (Wildman–Crippen LogP) is 4.80. The number of benzene rings is 2. The van der Waals surface area contributed by atoms with Crippen LogP contribution in [0.3, 0.4) is 0 Å². The van der Waals surface area contributed by atoms with Crippen LogP contribution >= 0.6 is 0 Å². The van der Waals surface area contributed by atoms with E-state index in [9.17, 15) is 22.8 Å². The van der Waals surface area contributed by atoms with Crippen molar-refractivity contribution in [3.63, 3.8) is 0 Å². The van der Waals surface area contributed by atoms with E-state index in [4.69, 9.17) is 9.47 Å². The van der Waals surface area contributed by atoms with E-state index >= 15 is 0 Å². The van der Waals surface area contributed by atoms with Gasteiger partial charge in [0.05, 0.1) is 44.0 Å². The number of aryl methyl sites for hydroxylation is 1. The van der Waals surface area contributed by atoms with Gasteiger partial charge in [-0.05, 0) is 61.2 Å². The van der Waals surface area contributed by atoms with Gasteiger partial charge < -0.3 is 23.8 Å². The van der Waals surface area contributed by atoms with Crippen LogP contribution in [0.25, 0.3) is 11.8 Å². The standard InChI is InChI=1S/C28H27F3N4O4/c1-16-12-34(15-32-16)23-7-4-17(9-25(23)38-2)8-18-5-6-20-13-33(28(37)39-3)14-24(35(20)27(18)36)19-10-21(29)26(31)22(30)11-19/h4,7-12,15,20,24H,5-6,13-14H2,1-3H3/t20-,24+/m0/s1. The number of carbonyl (C=O) groups excluding carboxylic acids is 2. The second-order valence-electron chi connectivity index (χ2n) is 9.62. The highest BCUT2D eigenvalue weighted by molar-refractivity contribution is 5.99. The molecule has 2 aliphatic rings. The van der Waals surface area contributed by atoms with Crippen molar-refractivity contribution < 1.29 is 32.2 Å². The maximum absolute atomic E-state index is 14.2. The Morgan fingerprint density at radius 1 is 1.10 bits per heavy atom. The van der Waals surface area contributed by atoms with Gasteiger partial charge in [-0.1, -0.05) is 6.07 Å². The van der Waals surface area contributed by atoms with Crippen molar-refractivity contribution in [1.82, 2.24) is 19.4 Å². The molecular weight excluding hydrogens is 513 g/mol. The third-order valence-electron chi connectivity index (χ3n) is 7.17. The zero-order valence-corrected chi connectivity index (χ0v) is 21.7. The molecule has 0 bridgehead atoms. The minimum absolute atomic E-state index is 0.0560. The number of aromatic nitrogens is 2. The van der Waals surface area contributed by atoms with Crippen LogP contribution in [-0.2, 0) is 9.53 Å². The highest BCUT2D eigenvalue weighted by atomic mass is 19.2. The molecule has 2 aliphatic heterocycles. The first kappa shape index (κ1) is 26.3. The fourth-order valence-electron chi connectivity index (χ4n) is 5.30. The van der Waals surface area contributed by atoms with Crippen LogP contribution in [-0.4, -0.2) is 64.7 Å². The fraction of sp³-hybridized carbons (Fsp3) is 0.321. The van der Waals surface area contributed by atoms with E-state index in [1.165, 1.54) is 12.0 Å². The van der Waals surface area contributed by atoms with Crippen LogP contribution in [0.4, 0.5) is 18.0 Å². The van der Waals surface area contributed by atoms with Crippen LogP contribution in [0, 0.1) is 24.4 Å². The summed E-state index contributed by atoms with van der Waals surface area (Å²) >= 11 is 0. The Labute approximate surface area is 223 Å². The lowest BCUT2D eigenvalue weighted by atomic mass is 9.89. The first-order chi connectivity index (χ1) is 18.7. The zero-order valence-electron chi connectivity index (χ0n) is 21.7. The number of piperidine rings is 1. The van der Waals surface area contributed by atoms with E-state index < -0.39 is 35.6 Å². The molecule has 1 aromatic heterocycles. The Morgan fingerprint density at radius 3 is 2.49 bits per heavy atom. The average Bonchev–Trinajstić information content (AvgIpc) is 3.37. The van der Waals surface area contributed by atoms with Crippen LogP contribution in [0.5, 0.6) is 5.75 Å². The molecular formula is C28H27F3N4O4. The quantitative estimate of drug-likeness (QED) is 0.351. The molecule has 2 atom stereocenters. The van der Waals surface area contributed by atoms with Gasteiger partial charge in [0.2, 0.25) is 0 Å². The molecule has 2 fully saturated rings. The molecule has 0 saturated carbocycles. The fourth-order valence-corrected chi connectivity index (χ4v) is 5.30. The van der Waals surface area contributed by atoms with Crippen LogP contribution in [0.15, 0.2) is 48.4 Å². The van der Waals surface area contributed by atoms with Crippen molar-refractivity contribution in [2.45, 2.75) is 31.8 Å². The van der Waals surface area contributed by atoms with E-state index in [1.54, 1.807) is 24.4 Å². The summed E-state index contributed by atoms with van der Waals surface area (Å²) in [6.07, 6.45) is 5.65. The van der Waals surface area contributed by atoms with Gasteiger partial charge in [-0.3, -0.25) is 4.79 Å². The Morgan fingerprint density at radius 2 is 1.85 bits per heavy atom. The number of hydrogen-bond donors (Lipinski definition) is 0. The molecule has 11 heteroatoms. The van der Waals surface area contributed by atoms with E-state index in [0.717, 1.165) is 29.1 Å².